The highest BCUT2D eigenvalue weighted by molar-refractivity contribution is 5.72. The SMILES string of the molecule is CCCCOCCOCCOCCn1cccc1C=O. The topological polar surface area (TPSA) is 49.7 Å². The second-order valence-electron chi connectivity index (χ2n) is 4.43. The predicted octanol–water partition coefficient (Wildman–Crippen LogP) is 2.15. The Morgan fingerprint density at radius 1 is 1.05 bits per heavy atom. The Kier molecular flexibility index (Phi) is 9.83. The highest BCUT2D eigenvalue weighted by atomic mass is 16.5. The van der Waals surface area contributed by atoms with Crippen molar-refractivity contribution < 1.29 is 19.0 Å². The predicted molar refractivity (Wildman–Crippen MR) is 77.2 cm³/mol. The first kappa shape index (κ1) is 16.9. The fourth-order valence-electron chi connectivity index (χ4n) is 1.69. The normalized spacial score (nSPS) is 10.8. The number of rotatable bonds is 13. The molecular formula is C15H25NO4. The summed E-state index contributed by atoms with van der Waals surface area (Å²) in [5.41, 5.74) is 0.675. The summed E-state index contributed by atoms with van der Waals surface area (Å²) in [7, 11) is 0. The van der Waals surface area contributed by atoms with Gasteiger partial charge < -0.3 is 18.8 Å². The van der Waals surface area contributed by atoms with Crippen molar-refractivity contribution in [3.05, 3.63) is 24.0 Å². The van der Waals surface area contributed by atoms with Gasteiger partial charge in [0.1, 0.15) is 0 Å². The minimum absolute atomic E-state index is 0.562. The maximum Gasteiger partial charge on any atom is 0.166 e. The van der Waals surface area contributed by atoms with Gasteiger partial charge in [-0.25, -0.2) is 0 Å². The van der Waals surface area contributed by atoms with Gasteiger partial charge >= 0.3 is 0 Å². The van der Waals surface area contributed by atoms with E-state index in [1.165, 1.54) is 0 Å². The zero-order chi connectivity index (χ0) is 14.5. The van der Waals surface area contributed by atoms with E-state index in [4.69, 9.17) is 14.2 Å². The molecule has 1 heterocycles. The Morgan fingerprint density at radius 3 is 2.35 bits per heavy atom. The first-order chi connectivity index (χ1) is 9.88. The average Bonchev–Trinajstić information content (AvgIpc) is 2.92. The number of hydrogen-bond donors (Lipinski definition) is 0. The molecule has 5 heteroatoms. The lowest BCUT2D eigenvalue weighted by molar-refractivity contribution is 0.0127. The Labute approximate surface area is 120 Å². The first-order valence-corrected chi connectivity index (χ1v) is 7.22. The van der Waals surface area contributed by atoms with Gasteiger partial charge in [0, 0.05) is 19.3 Å². The Balaban J connectivity index is 1.86. The van der Waals surface area contributed by atoms with Gasteiger partial charge in [-0.3, -0.25) is 4.79 Å². The summed E-state index contributed by atoms with van der Waals surface area (Å²) >= 11 is 0. The van der Waals surface area contributed by atoms with E-state index in [-0.39, 0.29) is 0 Å². The highest BCUT2D eigenvalue weighted by Crippen LogP contribution is 1.98. The summed E-state index contributed by atoms with van der Waals surface area (Å²) < 4.78 is 18.1. The van der Waals surface area contributed by atoms with Crippen molar-refractivity contribution in [2.24, 2.45) is 0 Å². The molecule has 114 valence electrons. The Morgan fingerprint density at radius 2 is 1.70 bits per heavy atom. The zero-order valence-electron chi connectivity index (χ0n) is 12.3. The van der Waals surface area contributed by atoms with E-state index < -0.39 is 0 Å². The molecule has 0 saturated carbocycles. The Hall–Kier alpha value is -1.17. The third kappa shape index (κ3) is 7.43. The maximum atomic E-state index is 10.7. The van der Waals surface area contributed by atoms with Crippen LogP contribution in [0, 0.1) is 0 Å². The summed E-state index contributed by atoms with van der Waals surface area (Å²) in [5.74, 6) is 0. The minimum atomic E-state index is 0.562. The molecule has 0 unspecified atom stereocenters. The fraction of sp³-hybridized carbons (Fsp3) is 0.667. The maximum absolute atomic E-state index is 10.7. The number of carbonyl (C=O) groups is 1. The van der Waals surface area contributed by atoms with Crippen LogP contribution in [0.15, 0.2) is 18.3 Å². The molecule has 0 aliphatic heterocycles. The number of aromatic nitrogens is 1. The van der Waals surface area contributed by atoms with Crippen LogP contribution in [0.3, 0.4) is 0 Å². The van der Waals surface area contributed by atoms with E-state index in [0.29, 0.717) is 45.3 Å². The molecule has 0 aliphatic carbocycles. The smallest absolute Gasteiger partial charge is 0.166 e. The molecule has 20 heavy (non-hydrogen) atoms. The molecule has 0 aliphatic rings. The van der Waals surface area contributed by atoms with Crippen molar-refractivity contribution >= 4 is 6.29 Å². The van der Waals surface area contributed by atoms with Gasteiger partial charge in [-0.1, -0.05) is 13.3 Å². The molecule has 1 aromatic heterocycles. The third-order valence-corrected chi connectivity index (χ3v) is 2.85. The molecule has 0 radical (unpaired) electrons. The van der Waals surface area contributed by atoms with E-state index in [1.807, 2.05) is 16.8 Å². The Bertz CT molecular complexity index is 351. The van der Waals surface area contributed by atoms with E-state index in [1.54, 1.807) is 6.07 Å². The van der Waals surface area contributed by atoms with Gasteiger partial charge in [0.2, 0.25) is 0 Å². The van der Waals surface area contributed by atoms with Crippen molar-refractivity contribution in [2.45, 2.75) is 26.3 Å². The van der Waals surface area contributed by atoms with Gasteiger partial charge in [-0.2, -0.15) is 0 Å². The lowest BCUT2D eigenvalue weighted by Gasteiger charge is -2.08. The van der Waals surface area contributed by atoms with E-state index in [0.717, 1.165) is 25.7 Å². The van der Waals surface area contributed by atoms with E-state index in [2.05, 4.69) is 6.92 Å². The molecule has 0 amide bonds. The van der Waals surface area contributed by atoms with E-state index >= 15 is 0 Å². The van der Waals surface area contributed by atoms with Crippen molar-refractivity contribution in [1.82, 2.24) is 4.57 Å². The van der Waals surface area contributed by atoms with Gasteiger partial charge in [0.05, 0.1) is 38.7 Å². The van der Waals surface area contributed by atoms with Crippen LogP contribution in [-0.2, 0) is 20.8 Å². The molecular weight excluding hydrogens is 258 g/mol. The van der Waals surface area contributed by atoms with Gasteiger partial charge in [0.15, 0.2) is 6.29 Å². The number of aldehydes is 1. The van der Waals surface area contributed by atoms with Gasteiger partial charge in [0.25, 0.3) is 0 Å². The standard InChI is InChI=1S/C15H25NO4/c1-2-3-8-18-10-12-20-13-11-19-9-7-16-6-4-5-15(16)14-17/h4-6,14H,2-3,7-13H2,1H3. The van der Waals surface area contributed by atoms with Crippen molar-refractivity contribution in [3.8, 4) is 0 Å². The second-order valence-corrected chi connectivity index (χ2v) is 4.43. The van der Waals surface area contributed by atoms with Crippen molar-refractivity contribution in [1.29, 1.82) is 0 Å². The quantitative estimate of drug-likeness (QED) is 0.411. The zero-order valence-corrected chi connectivity index (χ0v) is 12.3. The highest BCUT2D eigenvalue weighted by Gasteiger charge is 1.98. The van der Waals surface area contributed by atoms with Crippen LogP contribution < -0.4 is 0 Å². The molecule has 1 aromatic rings. The second kappa shape index (κ2) is 11.6. The lowest BCUT2D eigenvalue weighted by Crippen LogP contribution is -2.12. The number of nitrogens with zero attached hydrogens (tertiary/aromatic N) is 1. The molecule has 1 rings (SSSR count). The molecule has 0 atom stereocenters. The van der Waals surface area contributed by atoms with E-state index in [9.17, 15) is 4.79 Å². The molecule has 0 bridgehead atoms. The largest absolute Gasteiger partial charge is 0.379 e. The van der Waals surface area contributed by atoms with Crippen LogP contribution in [-0.4, -0.2) is 50.5 Å². The number of ether oxygens (including phenoxy) is 3. The lowest BCUT2D eigenvalue weighted by atomic mass is 10.4. The summed E-state index contributed by atoms with van der Waals surface area (Å²) in [6.07, 6.45) is 4.98. The molecule has 5 nitrogen and oxygen atoms in total. The number of unbranched alkanes of at least 4 members (excludes halogenated alkanes) is 1. The van der Waals surface area contributed by atoms with Crippen molar-refractivity contribution in [3.63, 3.8) is 0 Å². The number of carbonyl (C=O) groups excluding carboxylic acids is 1. The molecule has 0 spiro atoms. The summed E-state index contributed by atoms with van der Waals surface area (Å²) in [6.45, 7) is 6.60. The summed E-state index contributed by atoms with van der Waals surface area (Å²) in [5, 5.41) is 0. The van der Waals surface area contributed by atoms with Crippen LogP contribution in [0.4, 0.5) is 0 Å². The molecule has 0 fully saturated rings. The van der Waals surface area contributed by atoms with Gasteiger partial charge in [-0.05, 0) is 18.6 Å². The molecule has 0 saturated heterocycles. The first-order valence-electron chi connectivity index (χ1n) is 7.22. The molecule has 0 aromatic carbocycles. The van der Waals surface area contributed by atoms with Crippen LogP contribution in [0.2, 0.25) is 0 Å². The average molecular weight is 283 g/mol. The van der Waals surface area contributed by atoms with Crippen LogP contribution in [0.1, 0.15) is 30.3 Å². The minimum Gasteiger partial charge on any atom is -0.379 e. The summed E-state index contributed by atoms with van der Waals surface area (Å²) in [6, 6.07) is 3.64. The fourth-order valence-corrected chi connectivity index (χ4v) is 1.69. The number of hydrogen-bond acceptors (Lipinski definition) is 4. The van der Waals surface area contributed by atoms with Crippen LogP contribution >= 0.6 is 0 Å². The van der Waals surface area contributed by atoms with Crippen LogP contribution in [0.5, 0.6) is 0 Å². The van der Waals surface area contributed by atoms with Crippen LogP contribution in [0.25, 0.3) is 0 Å². The monoisotopic (exact) mass is 283 g/mol. The summed E-state index contributed by atoms with van der Waals surface area (Å²) in [4.78, 5) is 10.7. The third-order valence-electron chi connectivity index (χ3n) is 2.85. The van der Waals surface area contributed by atoms with Crippen molar-refractivity contribution in [2.75, 3.05) is 39.6 Å². The van der Waals surface area contributed by atoms with Gasteiger partial charge in [-0.15, -0.1) is 0 Å². The molecule has 0 N–H and O–H groups in total.